The summed E-state index contributed by atoms with van der Waals surface area (Å²) in [5, 5.41) is 7.42. The number of aliphatic carboxylic acids is 1. The smallest absolute Gasteiger partial charge is 0.300 e. The van der Waals surface area contributed by atoms with Crippen molar-refractivity contribution < 1.29 is 14.3 Å². The van der Waals surface area contributed by atoms with E-state index in [-0.39, 0.29) is 0 Å². The van der Waals surface area contributed by atoms with Gasteiger partial charge in [-0.3, -0.25) is 4.79 Å². The van der Waals surface area contributed by atoms with E-state index in [0.717, 1.165) is 6.92 Å². The van der Waals surface area contributed by atoms with Crippen molar-refractivity contribution in [3.63, 3.8) is 0 Å². The number of hydrogen-bond donors (Lipinski definition) is 1. The summed E-state index contributed by atoms with van der Waals surface area (Å²) >= 11 is 0. The van der Waals surface area contributed by atoms with E-state index in [1.54, 1.807) is 0 Å². The van der Waals surface area contributed by atoms with Crippen LogP contribution in [0.2, 0.25) is 0 Å². The summed E-state index contributed by atoms with van der Waals surface area (Å²) in [6.45, 7) is 1.08. The van der Waals surface area contributed by atoms with E-state index in [2.05, 4.69) is 7.18 Å². The first-order chi connectivity index (χ1) is 2.73. The number of carboxylic acid groups (broad SMARTS) is 1. The summed E-state index contributed by atoms with van der Waals surface area (Å²) in [5.74, 6) is -0.833. The molecule has 0 amide bonds. The summed E-state index contributed by atoms with van der Waals surface area (Å²) in [6.07, 6.45) is 0. The first-order valence-corrected chi connectivity index (χ1v) is 1.12. The van der Waals surface area contributed by atoms with Crippen LogP contribution in [0.5, 0.6) is 0 Å². The molecule has 3 heteroatoms. The normalized spacial score (nSPS) is 5.17. The second-order valence-corrected chi connectivity index (χ2v) is 0.519. The molecule has 0 aliphatic heterocycles. The standard InChI is InChI=1S/C2H4O2.CF/c1-2(3)4;1-2/h1H3,(H,3,4);. The molecule has 0 aromatic rings. The van der Waals surface area contributed by atoms with Crippen LogP contribution in [0.25, 0.3) is 0 Å². The van der Waals surface area contributed by atoms with Gasteiger partial charge in [0.15, 0.2) is 0 Å². The topological polar surface area (TPSA) is 37.3 Å². The molecule has 2 nitrogen and oxygen atoms in total. The van der Waals surface area contributed by atoms with Gasteiger partial charge in [0.1, 0.15) is 0 Å². The van der Waals surface area contributed by atoms with Crippen LogP contribution in [0.15, 0.2) is 0 Å². The zero-order valence-electron chi connectivity index (χ0n) is 3.23. The first kappa shape index (κ1) is 9.04. The molecule has 0 atom stereocenters. The van der Waals surface area contributed by atoms with Crippen LogP contribution in [0.3, 0.4) is 0 Å². The summed E-state index contributed by atoms with van der Waals surface area (Å²) in [7, 11) is 4.25. The maximum Gasteiger partial charge on any atom is 0.300 e. The summed E-state index contributed by atoms with van der Waals surface area (Å²) < 4.78 is 8.75. The second kappa shape index (κ2) is 8.83. The van der Waals surface area contributed by atoms with E-state index in [4.69, 9.17) is 14.3 Å². The maximum absolute atomic E-state index is 9.00. The Bertz CT molecular complexity index is 31.8. The third-order valence-electron chi connectivity index (χ3n) is 0. The Kier molecular flexibility index (Phi) is 13.3. The molecule has 6 heavy (non-hydrogen) atoms. The van der Waals surface area contributed by atoms with Gasteiger partial charge in [-0.2, -0.15) is 0 Å². The number of halogens is 1. The Morgan fingerprint density at radius 3 is 1.83 bits per heavy atom. The fraction of sp³-hybridized carbons (Fsp3) is 0.333. The lowest BCUT2D eigenvalue weighted by molar-refractivity contribution is -0.134. The molecule has 0 saturated heterocycles. The Morgan fingerprint density at radius 2 is 1.83 bits per heavy atom. The van der Waals surface area contributed by atoms with Crippen molar-refractivity contribution in [3.05, 3.63) is 7.18 Å². The Hall–Kier alpha value is -0.600. The fourth-order valence-corrected chi connectivity index (χ4v) is 0. The average Bonchev–Trinajstić information content (AvgIpc) is 1.41. The monoisotopic (exact) mass is 91.0 g/mol. The van der Waals surface area contributed by atoms with Crippen LogP contribution in [0, 0.1) is 7.18 Å². The van der Waals surface area contributed by atoms with Crippen molar-refractivity contribution in [2.75, 3.05) is 0 Å². The van der Waals surface area contributed by atoms with Gasteiger partial charge in [0, 0.05) is 6.92 Å². The largest absolute Gasteiger partial charge is 0.481 e. The zero-order chi connectivity index (χ0) is 5.58. The van der Waals surface area contributed by atoms with Crippen LogP contribution < -0.4 is 0 Å². The maximum atomic E-state index is 9.00. The van der Waals surface area contributed by atoms with Gasteiger partial charge in [0.2, 0.25) is 7.18 Å². The molecule has 0 rings (SSSR count). The molecule has 35 valence electrons. The van der Waals surface area contributed by atoms with E-state index in [9.17, 15) is 0 Å². The molecule has 0 bridgehead atoms. The van der Waals surface area contributed by atoms with Crippen LogP contribution in [0.4, 0.5) is 4.39 Å². The lowest BCUT2D eigenvalue weighted by Gasteiger charge is -1.59. The van der Waals surface area contributed by atoms with E-state index in [1.165, 1.54) is 0 Å². The molecule has 3 radical (unpaired) electrons. The fourth-order valence-electron chi connectivity index (χ4n) is 0. The van der Waals surface area contributed by atoms with Gasteiger partial charge in [-0.25, -0.2) is 4.39 Å². The molecule has 0 spiro atoms. The summed E-state index contributed by atoms with van der Waals surface area (Å²) in [4.78, 5) is 9.00. The molecule has 0 aliphatic carbocycles. The lowest BCUT2D eigenvalue weighted by atomic mass is 10.9. The molecule has 0 aliphatic rings. The van der Waals surface area contributed by atoms with Crippen molar-refractivity contribution in [1.82, 2.24) is 0 Å². The minimum Gasteiger partial charge on any atom is -0.481 e. The van der Waals surface area contributed by atoms with Crippen molar-refractivity contribution >= 4 is 5.97 Å². The van der Waals surface area contributed by atoms with Crippen molar-refractivity contribution in [2.45, 2.75) is 6.92 Å². The molecule has 0 aromatic heterocycles. The number of hydrogen-bond acceptors (Lipinski definition) is 1. The van der Waals surface area contributed by atoms with E-state index < -0.39 is 5.97 Å². The Morgan fingerprint density at radius 1 is 1.83 bits per heavy atom. The SMILES string of the molecule is CC(=O)O.[C]F. The highest BCUT2D eigenvalue weighted by molar-refractivity contribution is 5.62. The third kappa shape index (κ3) is 54.4. The highest BCUT2D eigenvalue weighted by atomic mass is 19.1. The molecular formula is C3H4FO2. The van der Waals surface area contributed by atoms with Gasteiger partial charge in [-0.1, -0.05) is 0 Å². The first-order valence-electron chi connectivity index (χ1n) is 1.12. The number of carbonyl (C=O) groups is 1. The van der Waals surface area contributed by atoms with Crippen molar-refractivity contribution in [2.24, 2.45) is 0 Å². The van der Waals surface area contributed by atoms with Crippen LogP contribution in [-0.4, -0.2) is 11.1 Å². The summed E-state index contributed by atoms with van der Waals surface area (Å²) in [5.41, 5.74) is 0. The van der Waals surface area contributed by atoms with E-state index in [0.29, 0.717) is 0 Å². The highest BCUT2D eigenvalue weighted by Crippen LogP contribution is 1.42. The van der Waals surface area contributed by atoms with E-state index in [1.807, 2.05) is 0 Å². The van der Waals surface area contributed by atoms with Gasteiger partial charge in [0.05, 0.1) is 0 Å². The molecular weight excluding hydrogens is 87.0 g/mol. The predicted molar refractivity (Wildman–Crippen MR) is 17.7 cm³/mol. The van der Waals surface area contributed by atoms with Crippen LogP contribution in [0.1, 0.15) is 6.92 Å². The minimum atomic E-state index is -0.833. The predicted octanol–water partition coefficient (Wildman–Crippen LogP) is 0.592. The molecule has 0 aromatic carbocycles. The Labute approximate surface area is 35.6 Å². The molecule has 1 N–H and O–H groups in total. The molecule has 0 unspecified atom stereocenters. The second-order valence-electron chi connectivity index (χ2n) is 0.519. The van der Waals surface area contributed by atoms with Crippen LogP contribution >= 0.6 is 0 Å². The van der Waals surface area contributed by atoms with Gasteiger partial charge < -0.3 is 5.11 Å². The van der Waals surface area contributed by atoms with Crippen molar-refractivity contribution in [1.29, 1.82) is 0 Å². The van der Waals surface area contributed by atoms with Crippen molar-refractivity contribution in [3.8, 4) is 0 Å². The molecule has 0 fully saturated rings. The third-order valence-corrected chi connectivity index (χ3v) is 0. The molecule has 0 saturated carbocycles. The quantitative estimate of drug-likeness (QED) is 0.473. The van der Waals surface area contributed by atoms with Gasteiger partial charge in [-0.05, 0) is 0 Å². The highest BCUT2D eigenvalue weighted by Gasteiger charge is 1.65. The minimum absolute atomic E-state index is 0.833. The average molecular weight is 91.1 g/mol. The van der Waals surface area contributed by atoms with E-state index >= 15 is 0 Å². The van der Waals surface area contributed by atoms with Crippen LogP contribution in [-0.2, 0) is 4.79 Å². The van der Waals surface area contributed by atoms with Gasteiger partial charge in [-0.15, -0.1) is 0 Å². The number of rotatable bonds is 0. The number of carboxylic acids is 1. The lowest BCUT2D eigenvalue weighted by Crippen LogP contribution is -1.78. The molecule has 0 heterocycles. The van der Waals surface area contributed by atoms with Gasteiger partial charge in [0.25, 0.3) is 5.97 Å². The summed E-state index contributed by atoms with van der Waals surface area (Å²) in [6, 6.07) is 0. The van der Waals surface area contributed by atoms with Gasteiger partial charge >= 0.3 is 0 Å². The Balaban J connectivity index is 0. The zero-order valence-corrected chi connectivity index (χ0v) is 3.23.